The number of rotatable bonds is 3. The zero-order valence-electron chi connectivity index (χ0n) is 14.1. The highest BCUT2D eigenvalue weighted by Crippen LogP contribution is 2.31. The summed E-state index contributed by atoms with van der Waals surface area (Å²) in [6.07, 6.45) is 2.93. The number of nitrogens with one attached hydrogen (secondary N) is 1. The van der Waals surface area contributed by atoms with Crippen LogP contribution in [0.3, 0.4) is 0 Å². The second-order valence-electron chi connectivity index (χ2n) is 6.68. The van der Waals surface area contributed by atoms with Crippen molar-refractivity contribution in [2.75, 3.05) is 13.1 Å². The van der Waals surface area contributed by atoms with Crippen LogP contribution in [0.25, 0.3) is 0 Å². The zero-order chi connectivity index (χ0) is 16.6. The van der Waals surface area contributed by atoms with E-state index in [0.717, 1.165) is 32.4 Å². The number of sulfone groups is 1. The summed E-state index contributed by atoms with van der Waals surface area (Å²) < 4.78 is 25.2. The topological polar surface area (TPSA) is 66.5 Å². The van der Waals surface area contributed by atoms with Crippen LogP contribution in [0.4, 0.5) is 0 Å². The Morgan fingerprint density at radius 3 is 2.54 bits per heavy atom. The quantitative estimate of drug-likeness (QED) is 0.883. The minimum Gasteiger partial charge on any atom is -0.331 e. The number of hydrogen-bond acceptors (Lipinski definition) is 4. The van der Waals surface area contributed by atoms with Crippen molar-refractivity contribution in [3.05, 3.63) is 29.8 Å². The summed E-state index contributed by atoms with van der Waals surface area (Å²) in [5.74, 6) is -0.138. The average Bonchev–Trinajstić information content (AvgIpc) is 2.79. The molecule has 2 bridgehead atoms. The molecule has 1 aromatic carbocycles. The molecule has 1 amide bonds. The van der Waals surface area contributed by atoms with Gasteiger partial charge in [0, 0.05) is 18.6 Å². The van der Waals surface area contributed by atoms with Crippen molar-refractivity contribution < 1.29 is 13.2 Å². The monoisotopic (exact) mass is 372 g/mol. The molecule has 0 aliphatic carbocycles. The Bertz CT molecular complexity index is 692. The molecule has 24 heavy (non-hydrogen) atoms. The smallest absolute Gasteiger partial charge is 0.255 e. The van der Waals surface area contributed by atoms with Gasteiger partial charge in [-0.05, 0) is 51.8 Å². The number of benzene rings is 1. The molecular formula is C17H25ClN2O3S. The van der Waals surface area contributed by atoms with Crippen molar-refractivity contribution >= 4 is 28.2 Å². The van der Waals surface area contributed by atoms with Gasteiger partial charge >= 0.3 is 0 Å². The molecule has 5 nitrogen and oxygen atoms in total. The van der Waals surface area contributed by atoms with E-state index in [1.807, 2.05) is 4.90 Å². The van der Waals surface area contributed by atoms with Crippen molar-refractivity contribution in [2.45, 2.75) is 55.3 Å². The molecule has 2 saturated heterocycles. The summed E-state index contributed by atoms with van der Waals surface area (Å²) in [7, 11) is -3.48. The molecule has 134 valence electrons. The van der Waals surface area contributed by atoms with Crippen molar-refractivity contribution in [2.24, 2.45) is 0 Å². The summed E-state index contributed by atoms with van der Waals surface area (Å²) in [6, 6.07) is 7.02. The molecule has 0 saturated carbocycles. The largest absolute Gasteiger partial charge is 0.331 e. The summed E-state index contributed by atoms with van der Waals surface area (Å²) >= 11 is 0. The third-order valence-electron chi connectivity index (χ3n) is 4.93. The molecule has 0 spiro atoms. The lowest BCUT2D eigenvalue weighted by atomic mass is 10.1. The molecule has 7 heteroatoms. The molecule has 1 N–H and O–H groups in total. The molecule has 2 aliphatic heterocycles. The Balaban J connectivity index is 0.00000208. The van der Waals surface area contributed by atoms with Crippen LogP contribution in [0.15, 0.2) is 29.2 Å². The maximum absolute atomic E-state index is 13.1. The first-order valence-electron chi connectivity index (χ1n) is 8.29. The third kappa shape index (κ3) is 3.32. The van der Waals surface area contributed by atoms with Crippen LogP contribution < -0.4 is 5.32 Å². The standard InChI is InChI=1S/C17H24N2O3S.ClH/c1-12(2)23(21,22)16-6-4-3-5-15(16)17(20)19-13-7-8-14(19)11-18-10-9-13;/h3-6,12-14,18H,7-11H2,1-2H3;1H. The Kier molecular flexibility index (Phi) is 5.94. The number of hydrogen-bond donors (Lipinski definition) is 1. The normalized spacial score (nSPS) is 23.7. The second-order valence-corrected chi connectivity index (χ2v) is 9.15. The summed E-state index contributed by atoms with van der Waals surface area (Å²) in [5, 5.41) is 2.82. The maximum Gasteiger partial charge on any atom is 0.255 e. The molecular weight excluding hydrogens is 348 g/mol. The van der Waals surface area contributed by atoms with E-state index >= 15 is 0 Å². The molecule has 2 unspecified atom stereocenters. The first-order chi connectivity index (χ1) is 10.9. The van der Waals surface area contributed by atoms with Gasteiger partial charge in [-0.25, -0.2) is 8.42 Å². The van der Waals surface area contributed by atoms with Gasteiger partial charge in [-0.15, -0.1) is 12.4 Å². The minimum atomic E-state index is -3.48. The molecule has 0 radical (unpaired) electrons. The van der Waals surface area contributed by atoms with Gasteiger partial charge in [0.2, 0.25) is 0 Å². The minimum absolute atomic E-state index is 0. The zero-order valence-corrected chi connectivity index (χ0v) is 15.7. The number of amides is 1. The number of halogens is 1. The Labute approximate surface area is 150 Å². The fourth-order valence-electron chi connectivity index (χ4n) is 3.60. The molecule has 2 aliphatic rings. The van der Waals surface area contributed by atoms with Crippen molar-refractivity contribution in [3.63, 3.8) is 0 Å². The summed E-state index contributed by atoms with van der Waals surface area (Å²) in [6.45, 7) is 5.00. The van der Waals surface area contributed by atoms with E-state index in [1.165, 1.54) is 0 Å². The Morgan fingerprint density at radius 1 is 1.17 bits per heavy atom. The van der Waals surface area contributed by atoms with E-state index in [1.54, 1.807) is 38.1 Å². The van der Waals surface area contributed by atoms with E-state index in [9.17, 15) is 13.2 Å². The first kappa shape index (κ1) is 19.2. The Hall–Kier alpha value is -1.11. The highest BCUT2D eigenvalue weighted by molar-refractivity contribution is 7.92. The van der Waals surface area contributed by atoms with Gasteiger partial charge in [0.1, 0.15) is 0 Å². The van der Waals surface area contributed by atoms with Gasteiger partial charge in [0.25, 0.3) is 5.91 Å². The van der Waals surface area contributed by atoms with Crippen LogP contribution in [0.1, 0.15) is 43.5 Å². The summed E-state index contributed by atoms with van der Waals surface area (Å²) in [4.78, 5) is 15.2. The van der Waals surface area contributed by atoms with E-state index < -0.39 is 15.1 Å². The van der Waals surface area contributed by atoms with Crippen molar-refractivity contribution in [3.8, 4) is 0 Å². The molecule has 1 aromatic rings. The highest BCUT2D eigenvalue weighted by Gasteiger charge is 2.39. The van der Waals surface area contributed by atoms with Crippen molar-refractivity contribution in [1.29, 1.82) is 0 Å². The summed E-state index contributed by atoms with van der Waals surface area (Å²) in [5.41, 5.74) is 0.319. The average molecular weight is 373 g/mol. The fraction of sp³-hybridized carbons (Fsp3) is 0.588. The van der Waals surface area contributed by atoms with Crippen LogP contribution in [0, 0.1) is 0 Å². The van der Waals surface area contributed by atoms with Crippen LogP contribution in [0.5, 0.6) is 0 Å². The van der Waals surface area contributed by atoms with Gasteiger partial charge in [-0.2, -0.15) is 0 Å². The van der Waals surface area contributed by atoms with Crippen LogP contribution in [-0.4, -0.2) is 49.6 Å². The Morgan fingerprint density at radius 2 is 1.83 bits per heavy atom. The highest BCUT2D eigenvalue weighted by atomic mass is 35.5. The van der Waals surface area contributed by atoms with Crippen LogP contribution in [-0.2, 0) is 9.84 Å². The van der Waals surface area contributed by atoms with Crippen LogP contribution >= 0.6 is 12.4 Å². The molecule has 0 aromatic heterocycles. The first-order valence-corrected chi connectivity index (χ1v) is 9.84. The lowest BCUT2D eigenvalue weighted by molar-refractivity contribution is 0.0676. The number of carbonyl (C=O) groups excluding carboxylic acids is 1. The van der Waals surface area contributed by atoms with E-state index in [4.69, 9.17) is 0 Å². The predicted molar refractivity (Wildman–Crippen MR) is 96.5 cm³/mol. The fourth-order valence-corrected chi connectivity index (χ4v) is 4.84. The second kappa shape index (κ2) is 7.42. The van der Waals surface area contributed by atoms with Gasteiger partial charge in [0.05, 0.1) is 15.7 Å². The van der Waals surface area contributed by atoms with Crippen molar-refractivity contribution in [1.82, 2.24) is 10.2 Å². The molecule has 3 rings (SSSR count). The van der Waals surface area contributed by atoms with E-state index in [0.29, 0.717) is 5.56 Å². The van der Waals surface area contributed by atoms with Gasteiger partial charge < -0.3 is 10.2 Å². The van der Waals surface area contributed by atoms with Gasteiger partial charge in [-0.1, -0.05) is 12.1 Å². The SMILES string of the molecule is CC(C)S(=O)(=O)c1ccccc1C(=O)N1C2CCNCC1CC2.Cl. The number of carbonyl (C=O) groups is 1. The number of fused-ring (bicyclic) bond motifs is 2. The molecule has 2 atom stereocenters. The van der Waals surface area contributed by atoms with E-state index in [-0.39, 0.29) is 35.3 Å². The van der Waals surface area contributed by atoms with Crippen LogP contribution in [0.2, 0.25) is 0 Å². The lowest BCUT2D eigenvalue weighted by Crippen LogP contribution is -2.43. The molecule has 2 fully saturated rings. The third-order valence-corrected chi connectivity index (χ3v) is 7.14. The molecule has 2 heterocycles. The predicted octanol–water partition coefficient (Wildman–Crippen LogP) is 2.26. The number of nitrogens with zero attached hydrogens (tertiary/aromatic N) is 1. The lowest BCUT2D eigenvalue weighted by Gasteiger charge is -2.28. The van der Waals surface area contributed by atoms with E-state index in [2.05, 4.69) is 5.32 Å². The van der Waals surface area contributed by atoms with Gasteiger partial charge in [0.15, 0.2) is 9.84 Å². The maximum atomic E-state index is 13.1. The van der Waals surface area contributed by atoms with Gasteiger partial charge in [-0.3, -0.25) is 4.79 Å².